The van der Waals surface area contributed by atoms with Crippen molar-refractivity contribution in [3.05, 3.63) is 60.2 Å². The lowest BCUT2D eigenvalue weighted by atomic mass is 10.0. The molecule has 0 saturated heterocycles. The highest BCUT2D eigenvalue weighted by atomic mass is 16.2. The van der Waals surface area contributed by atoms with Crippen molar-refractivity contribution >= 4 is 28.5 Å². The Morgan fingerprint density at radius 3 is 2.67 bits per heavy atom. The van der Waals surface area contributed by atoms with Crippen LogP contribution in [0.25, 0.3) is 10.8 Å². The number of nitrogens with two attached hydrogens (primary N) is 1. The van der Waals surface area contributed by atoms with Crippen molar-refractivity contribution in [1.29, 1.82) is 0 Å². The molecule has 7 heteroatoms. The highest BCUT2D eigenvalue weighted by molar-refractivity contribution is 5.89. The molecule has 3 amide bonds. The zero-order valence-corrected chi connectivity index (χ0v) is 19.3. The smallest absolute Gasteiger partial charge is 0.242 e. The third-order valence-corrected chi connectivity index (χ3v) is 5.89. The average molecular weight is 451 g/mol. The summed E-state index contributed by atoms with van der Waals surface area (Å²) in [5.41, 5.74) is 6.51. The minimum Gasteiger partial charge on any atom is -0.354 e. The van der Waals surface area contributed by atoms with Crippen molar-refractivity contribution in [3.8, 4) is 0 Å². The van der Waals surface area contributed by atoms with Gasteiger partial charge < -0.3 is 21.3 Å². The van der Waals surface area contributed by atoms with Crippen LogP contribution in [0.1, 0.15) is 31.7 Å². The number of fused-ring (bicyclic) bond motifs is 1. The van der Waals surface area contributed by atoms with Crippen LogP contribution in [0.4, 0.5) is 0 Å². The van der Waals surface area contributed by atoms with E-state index in [4.69, 9.17) is 5.73 Å². The number of amides is 3. The molecule has 33 heavy (non-hydrogen) atoms. The van der Waals surface area contributed by atoms with Gasteiger partial charge in [-0.15, -0.1) is 0 Å². The molecule has 1 heterocycles. The molecule has 1 aliphatic rings. The van der Waals surface area contributed by atoms with Gasteiger partial charge >= 0.3 is 0 Å². The summed E-state index contributed by atoms with van der Waals surface area (Å²) in [6.07, 6.45) is 6.07. The van der Waals surface area contributed by atoms with Crippen molar-refractivity contribution in [2.24, 2.45) is 11.7 Å². The fraction of sp³-hybridized carbons (Fsp3) is 0.423. The van der Waals surface area contributed by atoms with Gasteiger partial charge in [0.1, 0.15) is 6.04 Å². The van der Waals surface area contributed by atoms with Crippen LogP contribution in [0.5, 0.6) is 0 Å². The zero-order chi connectivity index (χ0) is 23.6. The molecule has 1 aliphatic heterocycles. The quantitative estimate of drug-likeness (QED) is 0.381. The highest BCUT2D eigenvalue weighted by Crippen LogP contribution is 2.17. The maximum absolute atomic E-state index is 13.0. The molecule has 4 N–H and O–H groups in total. The van der Waals surface area contributed by atoms with E-state index in [1.807, 2.05) is 54.6 Å². The molecule has 2 atom stereocenters. The van der Waals surface area contributed by atoms with E-state index in [1.54, 1.807) is 11.8 Å². The zero-order valence-electron chi connectivity index (χ0n) is 19.3. The summed E-state index contributed by atoms with van der Waals surface area (Å²) in [4.78, 5) is 39.9. The van der Waals surface area contributed by atoms with E-state index in [2.05, 4.69) is 10.6 Å². The van der Waals surface area contributed by atoms with E-state index in [0.717, 1.165) is 22.8 Å². The molecule has 7 nitrogen and oxygen atoms in total. The van der Waals surface area contributed by atoms with E-state index in [1.165, 1.54) is 0 Å². The fourth-order valence-electron chi connectivity index (χ4n) is 3.95. The number of nitrogens with zero attached hydrogens (tertiary/aromatic N) is 1. The Labute approximate surface area is 195 Å². The summed E-state index contributed by atoms with van der Waals surface area (Å²) in [6, 6.07) is 13.4. The predicted molar refractivity (Wildman–Crippen MR) is 130 cm³/mol. The molecule has 0 bridgehead atoms. The van der Waals surface area contributed by atoms with E-state index in [9.17, 15) is 14.4 Å². The number of hydrogen-bond donors (Lipinski definition) is 3. The average Bonchev–Trinajstić information content (AvgIpc) is 3.02. The third-order valence-electron chi connectivity index (χ3n) is 5.89. The molecule has 1 unspecified atom stereocenters. The Morgan fingerprint density at radius 2 is 1.88 bits per heavy atom. The molecule has 3 rings (SSSR count). The third kappa shape index (κ3) is 7.15. The van der Waals surface area contributed by atoms with Gasteiger partial charge in [-0.3, -0.25) is 14.4 Å². The van der Waals surface area contributed by atoms with Crippen LogP contribution in [0, 0.1) is 5.92 Å². The van der Waals surface area contributed by atoms with Crippen LogP contribution < -0.4 is 16.4 Å². The maximum atomic E-state index is 13.0. The van der Waals surface area contributed by atoms with Gasteiger partial charge in [0, 0.05) is 32.5 Å². The van der Waals surface area contributed by atoms with Gasteiger partial charge in [-0.2, -0.15) is 0 Å². The topological polar surface area (TPSA) is 105 Å². The summed E-state index contributed by atoms with van der Waals surface area (Å²) in [5, 5.41) is 8.01. The van der Waals surface area contributed by atoms with Crippen LogP contribution in [0.15, 0.2) is 54.6 Å². The summed E-state index contributed by atoms with van der Waals surface area (Å²) >= 11 is 0. The lowest BCUT2D eigenvalue weighted by molar-refractivity contribution is -0.134. The van der Waals surface area contributed by atoms with E-state index in [0.29, 0.717) is 45.4 Å². The first-order chi connectivity index (χ1) is 16.0. The van der Waals surface area contributed by atoms with Crippen LogP contribution in [0.3, 0.4) is 0 Å². The number of nitrogens with one attached hydrogen (secondary N) is 2. The Hall–Kier alpha value is -3.19. The van der Waals surface area contributed by atoms with Gasteiger partial charge in [0.15, 0.2) is 0 Å². The molecule has 0 aromatic heterocycles. The van der Waals surface area contributed by atoms with E-state index < -0.39 is 12.0 Å². The lowest BCUT2D eigenvalue weighted by Crippen LogP contribution is -2.51. The van der Waals surface area contributed by atoms with Crippen LogP contribution in [-0.2, 0) is 20.8 Å². The van der Waals surface area contributed by atoms with Crippen LogP contribution >= 0.6 is 0 Å². The SMILES string of the molecule is CC(CN1CCC=CCC1=O)C(=O)N[C@H](Cc1ccc2ccccc2c1)C(=O)NCCCN. The second-order valence-corrected chi connectivity index (χ2v) is 8.59. The fourth-order valence-corrected chi connectivity index (χ4v) is 3.95. The second kappa shape index (κ2) is 12.2. The van der Waals surface area contributed by atoms with E-state index in [-0.39, 0.29) is 17.7 Å². The van der Waals surface area contributed by atoms with Gasteiger partial charge in [-0.1, -0.05) is 61.5 Å². The van der Waals surface area contributed by atoms with Crippen molar-refractivity contribution in [2.75, 3.05) is 26.2 Å². The Balaban J connectivity index is 1.68. The van der Waals surface area contributed by atoms with Gasteiger partial charge in [0.25, 0.3) is 0 Å². The number of hydrogen-bond acceptors (Lipinski definition) is 4. The van der Waals surface area contributed by atoms with Gasteiger partial charge in [-0.25, -0.2) is 0 Å². The number of carbonyl (C=O) groups is 3. The summed E-state index contributed by atoms with van der Waals surface area (Å²) in [5.74, 6) is -0.870. The number of benzene rings is 2. The molecular weight excluding hydrogens is 416 g/mol. The Kier molecular flexibility index (Phi) is 9.01. The van der Waals surface area contributed by atoms with Crippen molar-refractivity contribution in [2.45, 2.75) is 38.6 Å². The molecular formula is C26H34N4O3. The predicted octanol–water partition coefficient (Wildman–Crippen LogP) is 2.15. The first-order valence-electron chi connectivity index (χ1n) is 11.7. The lowest BCUT2D eigenvalue weighted by Gasteiger charge is -2.26. The Morgan fingerprint density at radius 1 is 1.09 bits per heavy atom. The molecule has 0 spiro atoms. The van der Waals surface area contributed by atoms with Gasteiger partial charge in [0.2, 0.25) is 17.7 Å². The first kappa shape index (κ1) is 24.5. The molecule has 0 fully saturated rings. The van der Waals surface area contributed by atoms with Crippen LogP contribution in [0.2, 0.25) is 0 Å². The minimum atomic E-state index is -0.708. The second-order valence-electron chi connectivity index (χ2n) is 8.59. The molecule has 0 radical (unpaired) electrons. The van der Waals surface area contributed by atoms with E-state index >= 15 is 0 Å². The number of rotatable bonds is 10. The van der Waals surface area contributed by atoms with Crippen molar-refractivity contribution in [1.82, 2.24) is 15.5 Å². The summed E-state index contributed by atoms with van der Waals surface area (Å²) < 4.78 is 0. The molecule has 2 aromatic carbocycles. The van der Waals surface area contributed by atoms with Gasteiger partial charge in [0.05, 0.1) is 5.92 Å². The summed E-state index contributed by atoms with van der Waals surface area (Å²) in [7, 11) is 0. The molecule has 176 valence electrons. The standard InChI is InChI=1S/C26H34N4O3/c1-19(18-30-15-6-2-3-10-24(30)31)25(32)29-23(26(33)28-14-7-13-27)17-20-11-12-21-8-4-5-9-22(21)16-20/h2-5,8-9,11-12,16,19,23H,6-7,10,13-15,17-18,27H2,1H3,(H,28,33)(H,29,32)/t19?,23-/m1/s1. The summed E-state index contributed by atoms with van der Waals surface area (Å²) in [6.45, 7) is 3.68. The van der Waals surface area contributed by atoms with Crippen molar-refractivity contribution in [3.63, 3.8) is 0 Å². The molecule has 0 aliphatic carbocycles. The molecule has 0 saturated carbocycles. The highest BCUT2D eigenvalue weighted by Gasteiger charge is 2.26. The monoisotopic (exact) mass is 450 g/mol. The Bertz CT molecular complexity index is 1000. The normalized spacial score (nSPS) is 15.7. The number of carbonyl (C=O) groups excluding carboxylic acids is 3. The minimum absolute atomic E-state index is 0.0237. The largest absolute Gasteiger partial charge is 0.354 e. The van der Waals surface area contributed by atoms with Crippen molar-refractivity contribution < 1.29 is 14.4 Å². The van der Waals surface area contributed by atoms with Gasteiger partial charge in [-0.05, 0) is 35.7 Å². The molecule has 2 aromatic rings. The maximum Gasteiger partial charge on any atom is 0.242 e. The first-order valence-corrected chi connectivity index (χ1v) is 11.7. The van der Waals surface area contributed by atoms with Crippen LogP contribution in [-0.4, -0.2) is 54.8 Å².